The third-order valence-corrected chi connectivity index (χ3v) is 11.6. The van der Waals surface area contributed by atoms with Gasteiger partial charge in [0.2, 0.25) is 0 Å². The fourth-order valence-electron chi connectivity index (χ4n) is 8.87. The lowest BCUT2D eigenvalue weighted by Gasteiger charge is -2.21. The molecule has 2 aromatic heterocycles. The highest BCUT2D eigenvalue weighted by Gasteiger charge is 2.32. The Bertz CT molecular complexity index is 3790. The molecule has 0 spiro atoms. The van der Waals surface area contributed by atoms with Gasteiger partial charge in [-0.3, -0.25) is 0 Å². The molecule has 10 rings (SSSR count). The number of para-hydroxylation sites is 3. The number of alkyl halides is 3. The summed E-state index contributed by atoms with van der Waals surface area (Å²) in [7, 11) is 0. The highest BCUT2D eigenvalue weighted by Crippen LogP contribution is 2.45. The van der Waals surface area contributed by atoms with Crippen molar-refractivity contribution in [2.75, 3.05) is 0 Å². The van der Waals surface area contributed by atoms with Crippen LogP contribution in [0.5, 0.6) is 0 Å². The smallest absolute Gasteiger partial charge is 0.309 e. The van der Waals surface area contributed by atoms with Gasteiger partial charge in [-0.25, -0.2) is 0 Å². The lowest BCUT2D eigenvalue weighted by Crippen LogP contribution is -2.08. The van der Waals surface area contributed by atoms with E-state index in [4.69, 9.17) is 0 Å². The summed E-state index contributed by atoms with van der Waals surface area (Å²) in [5, 5.41) is 52.8. The predicted molar refractivity (Wildman–Crippen MR) is 240 cm³/mol. The highest BCUT2D eigenvalue weighted by molar-refractivity contribution is 6.13. The standard InChI is InChI=1S/C54H26F3N7/c55-54(56,57)41-14-17-51(63-48-10-3-1-7-42(48)45-24-36(12-15-50(45)63)39-20-32(27-58)18-33(21-39)28-59)47(26-41)44-9-5-6-38(31-62)53(44)64-49-11-4-2-8-43(49)46-25-37(13-16-52(46)64)40-22-34(29-60)19-35(23-40)30-61/h1-26H. The molecule has 0 saturated heterocycles. The van der Waals surface area contributed by atoms with Crippen LogP contribution in [0.4, 0.5) is 13.2 Å². The van der Waals surface area contributed by atoms with Crippen molar-refractivity contribution in [1.29, 1.82) is 26.3 Å². The lowest BCUT2D eigenvalue weighted by atomic mass is 9.95. The number of rotatable bonds is 5. The fraction of sp³-hybridized carbons (Fsp3) is 0.0185. The van der Waals surface area contributed by atoms with Crippen LogP contribution in [0.15, 0.2) is 158 Å². The van der Waals surface area contributed by atoms with Crippen LogP contribution in [0.25, 0.3) is 88.4 Å². The molecule has 64 heavy (non-hydrogen) atoms. The molecule has 0 radical (unpaired) electrons. The molecule has 0 bridgehead atoms. The molecular weight excluding hydrogens is 804 g/mol. The maximum Gasteiger partial charge on any atom is 0.416 e. The summed E-state index contributed by atoms with van der Waals surface area (Å²) in [4.78, 5) is 0. The van der Waals surface area contributed by atoms with E-state index in [2.05, 4.69) is 30.3 Å². The molecule has 0 aliphatic heterocycles. The molecule has 8 aromatic carbocycles. The van der Waals surface area contributed by atoms with Crippen molar-refractivity contribution in [2.24, 2.45) is 0 Å². The molecule has 0 aliphatic carbocycles. The van der Waals surface area contributed by atoms with Crippen LogP contribution in [-0.4, -0.2) is 9.13 Å². The Hall–Kier alpha value is -9.40. The molecule has 0 amide bonds. The van der Waals surface area contributed by atoms with E-state index in [1.54, 1.807) is 42.5 Å². The van der Waals surface area contributed by atoms with Crippen LogP contribution in [-0.2, 0) is 6.18 Å². The van der Waals surface area contributed by atoms with Crippen LogP contribution in [0, 0.1) is 56.7 Å². The number of nitrogens with zero attached hydrogens (tertiary/aromatic N) is 7. The number of halogens is 3. The van der Waals surface area contributed by atoms with Crippen LogP contribution in [0.1, 0.15) is 33.4 Å². The average Bonchev–Trinajstić information content (AvgIpc) is 3.84. The van der Waals surface area contributed by atoms with Gasteiger partial charge in [0.15, 0.2) is 0 Å². The molecule has 10 heteroatoms. The maximum atomic E-state index is 14.8. The van der Waals surface area contributed by atoms with Crippen molar-refractivity contribution >= 4 is 43.6 Å². The van der Waals surface area contributed by atoms with Crippen molar-refractivity contribution in [3.63, 3.8) is 0 Å². The van der Waals surface area contributed by atoms with Crippen LogP contribution < -0.4 is 0 Å². The van der Waals surface area contributed by atoms with Crippen LogP contribution >= 0.6 is 0 Å². The lowest BCUT2D eigenvalue weighted by molar-refractivity contribution is -0.137. The van der Waals surface area contributed by atoms with E-state index >= 15 is 0 Å². The van der Waals surface area contributed by atoms with Gasteiger partial charge in [-0.2, -0.15) is 39.5 Å². The van der Waals surface area contributed by atoms with Crippen molar-refractivity contribution in [2.45, 2.75) is 6.18 Å². The van der Waals surface area contributed by atoms with Crippen molar-refractivity contribution < 1.29 is 13.2 Å². The number of hydrogen-bond donors (Lipinski definition) is 0. The van der Waals surface area contributed by atoms with Gasteiger partial charge >= 0.3 is 6.18 Å². The summed E-state index contributed by atoms with van der Waals surface area (Å²) in [5.74, 6) is 0. The minimum atomic E-state index is -4.70. The zero-order valence-electron chi connectivity index (χ0n) is 33.3. The number of fused-ring (bicyclic) bond motifs is 6. The predicted octanol–water partition coefficient (Wildman–Crippen LogP) is 13.3. The third-order valence-electron chi connectivity index (χ3n) is 11.6. The SMILES string of the molecule is N#Cc1cc(C#N)cc(-c2ccc3c(c2)c2ccccc2n3-c2ccc(C(F)(F)F)cc2-c2cccc(C#N)c2-n2c3ccccc3c3cc(-c4cc(C#N)cc(C#N)c4)ccc32)c1. The van der Waals surface area contributed by atoms with E-state index in [-0.39, 0.29) is 11.1 Å². The first-order valence-corrected chi connectivity index (χ1v) is 19.9. The zero-order chi connectivity index (χ0) is 44.3. The second-order valence-corrected chi connectivity index (χ2v) is 15.3. The van der Waals surface area contributed by atoms with Gasteiger partial charge < -0.3 is 9.13 Å². The van der Waals surface area contributed by atoms with E-state index in [9.17, 15) is 39.5 Å². The molecule has 0 unspecified atom stereocenters. The normalized spacial score (nSPS) is 11.3. The number of aromatic nitrogens is 2. The Morgan fingerprint density at radius 3 is 1.36 bits per heavy atom. The van der Waals surface area contributed by atoms with Crippen molar-refractivity contribution in [3.05, 3.63) is 191 Å². The van der Waals surface area contributed by atoms with Crippen LogP contribution in [0.2, 0.25) is 0 Å². The summed E-state index contributed by atoms with van der Waals surface area (Å²) >= 11 is 0. The monoisotopic (exact) mass is 829 g/mol. The minimum absolute atomic E-state index is 0.231. The van der Waals surface area contributed by atoms with Gasteiger partial charge in [-0.1, -0.05) is 60.7 Å². The maximum absolute atomic E-state index is 14.8. The number of benzene rings is 8. The van der Waals surface area contributed by atoms with Crippen LogP contribution in [0.3, 0.4) is 0 Å². The summed E-state index contributed by atoms with van der Waals surface area (Å²) < 4.78 is 48.4. The molecule has 0 atom stereocenters. The Balaban J connectivity index is 1.26. The van der Waals surface area contributed by atoms with Crippen molar-refractivity contribution in [3.8, 4) is 75.1 Å². The number of nitriles is 5. The summed E-state index contributed by atoms with van der Waals surface area (Å²) in [6, 6.07) is 56.1. The third kappa shape index (κ3) is 6.26. The Morgan fingerprint density at radius 1 is 0.375 bits per heavy atom. The fourth-order valence-corrected chi connectivity index (χ4v) is 8.87. The molecule has 7 nitrogen and oxygen atoms in total. The van der Waals surface area contributed by atoms with Gasteiger partial charge in [0.1, 0.15) is 6.07 Å². The summed E-state index contributed by atoms with van der Waals surface area (Å²) in [6.07, 6.45) is -4.70. The molecule has 0 N–H and O–H groups in total. The summed E-state index contributed by atoms with van der Waals surface area (Å²) in [6.45, 7) is 0. The van der Waals surface area contributed by atoms with E-state index in [0.29, 0.717) is 66.9 Å². The number of hydrogen-bond acceptors (Lipinski definition) is 5. The van der Waals surface area contributed by atoms with E-state index in [0.717, 1.165) is 50.3 Å². The zero-order valence-corrected chi connectivity index (χ0v) is 33.3. The molecule has 298 valence electrons. The molecule has 10 aromatic rings. The molecule has 2 heterocycles. The second-order valence-electron chi connectivity index (χ2n) is 15.3. The molecule has 0 saturated carbocycles. The van der Waals surface area contributed by atoms with Gasteiger partial charge in [-0.15, -0.1) is 0 Å². The summed E-state index contributed by atoms with van der Waals surface area (Å²) in [5.41, 5.74) is 7.80. The first kappa shape index (κ1) is 38.8. The van der Waals surface area contributed by atoms with Crippen molar-refractivity contribution in [1.82, 2.24) is 9.13 Å². The topological polar surface area (TPSA) is 129 Å². The molecule has 0 fully saturated rings. The molecular formula is C54H26F3N7. The minimum Gasteiger partial charge on any atom is -0.309 e. The van der Waals surface area contributed by atoms with E-state index in [1.165, 1.54) is 18.2 Å². The molecule has 0 aliphatic rings. The van der Waals surface area contributed by atoms with Gasteiger partial charge in [0, 0.05) is 32.7 Å². The van der Waals surface area contributed by atoms with Gasteiger partial charge in [-0.05, 0) is 119 Å². The first-order chi connectivity index (χ1) is 31.1. The average molecular weight is 830 g/mol. The second kappa shape index (κ2) is 14.9. The Kier molecular flexibility index (Phi) is 9.06. The van der Waals surface area contributed by atoms with E-state index < -0.39 is 11.7 Å². The Labute approximate surface area is 363 Å². The highest BCUT2D eigenvalue weighted by atomic mass is 19.4. The largest absolute Gasteiger partial charge is 0.416 e. The van der Waals surface area contributed by atoms with Gasteiger partial charge in [0.05, 0.1) is 91.1 Å². The quantitative estimate of drug-likeness (QED) is 0.171. The first-order valence-electron chi connectivity index (χ1n) is 19.9. The van der Waals surface area contributed by atoms with E-state index in [1.807, 2.05) is 94.1 Å². The van der Waals surface area contributed by atoms with Gasteiger partial charge in [0.25, 0.3) is 0 Å². The Morgan fingerprint density at radius 2 is 0.859 bits per heavy atom.